The van der Waals surface area contributed by atoms with Gasteiger partial charge in [-0.1, -0.05) is 23.2 Å². The molecule has 1 aromatic rings. The summed E-state index contributed by atoms with van der Waals surface area (Å²) < 4.78 is 4.84. The van der Waals surface area contributed by atoms with Crippen LogP contribution >= 0.6 is 23.2 Å². The van der Waals surface area contributed by atoms with E-state index >= 15 is 0 Å². The molecule has 0 aromatic heterocycles. The number of anilines is 1. The summed E-state index contributed by atoms with van der Waals surface area (Å²) >= 11 is 11.7. The van der Waals surface area contributed by atoms with E-state index in [1.165, 1.54) is 13.2 Å². The van der Waals surface area contributed by atoms with Crippen LogP contribution in [-0.4, -0.2) is 32.1 Å². The summed E-state index contributed by atoms with van der Waals surface area (Å²) in [6.07, 6.45) is 0. The first kappa shape index (κ1) is 17.8. The predicted molar refractivity (Wildman–Crippen MR) is 83.8 cm³/mol. The van der Waals surface area contributed by atoms with Crippen LogP contribution in [0.2, 0.25) is 10.0 Å². The summed E-state index contributed by atoms with van der Waals surface area (Å²) in [6, 6.07) is 4.72. The summed E-state index contributed by atoms with van der Waals surface area (Å²) in [5, 5.41) is 6.01. The first-order valence-corrected chi connectivity index (χ1v) is 7.08. The fraction of sp³-hybridized carbons (Fsp3) is 0.429. The second kappa shape index (κ2) is 7.64. The zero-order valence-corrected chi connectivity index (χ0v) is 13.6. The molecule has 7 heteroatoms. The van der Waals surface area contributed by atoms with Gasteiger partial charge in [0.25, 0.3) is 0 Å². The minimum atomic E-state index is -1.22. The van der Waals surface area contributed by atoms with E-state index in [2.05, 4.69) is 10.6 Å². The molecule has 0 fully saturated rings. The zero-order chi connectivity index (χ0) is 16.0. The van der Waals surface area contributed by atoms with Gasteiger partial charge in [-0.3, -0.25) is 9.59 Å². The molecular formula is C14H18Cl2N2O3. The highest BCUT2D eigenvalue weighted by atomic mass is 35.5. The van der Waals surface area contributed by atoms with Gasteiger partial charge in [-0.25, -0.2) is 0 Å². The van der Waals surface area contributed by atoms with Crippen LogP contribution in [0, 0.1) is 5.41 Å². The maximum absolute atomic E-state index is 12.2. The lowest BCUT2D eigenvalue weighted by molar-refractivity contribution is -0.138. The monoisotopic (exact) mass is 332 g/mol. The molecule has 1 rings (SSSR count). The Bertz CT molecular complexity index is 533. The Morgan fingerprint density at radius 3 is 2.43 bits per heavy atom. The predicted octanol–water partition coefficient (Wildman–Crippen LogP) is 2.72. The topological polar surface area (TPSA) is 67.4 Å². The van der Waals surface area contributed by atoms with Crippen molar-refractivity contribution in [2.45, 2.75) is 13.8 Å². The van der Waals surface area contributed by atoms with E-state index in [0.29, 0.717) is 28.9 Å². The van der Waals surface area contributed by atoms with Gasteiger partial charge in [0, 0.05) is 19.3 Å². The SMILES string of the molecule is COCCNC(=O)C(C)(C)C(=O)Nc1ccc(Cl)c(Cl)c1. The van der Waals surface area contributed by atoms with E-state index in [0.717, 1.165) is 0 Å². The van der Waals surface area contributed by atoms with Crippen molar-refractivity contribution in [1.82, 2.24) is 5.32 Å². The van der Waals surface area contributed by atoms with E-state index in [1.807, 2.05) is 0 Å². The number of halogens is 2. The highest BCUT2D eigenvalue weighted by Crippen LogP contribution is 2.26. The molecule has 2 amide bonds. The number of carbonyl (C=O) groups is 2. The van der Waals surface area contributed by atoms with Gasteiger partial charge in [0.1, 0.15) is 5.41 Å². The molecule has 0 aliphatic carbocycles. The molecule has 1 aromatic carbocycles. The molecule has 116 valence electrons. The summed E-state index contributed by atoms with van der Waals surface area (Å²) in [4.78, 5) is 24.2. The number of amides is 2. The summed E-state index contributed by atoms with van der Waals surface area (Å²) in [7, 11) is 1.54. The number of carbonyl (C=O) groups excluding carboxylic acids is 2. The molecule has 0 bridgehead atoms. The Morgan fingerprint density at radius 1 is 1.19 bits per heavy atom. The minimum absolute atomic E-state index is 0.330. The molecule has 0 aliphatic heterocycles. The van der Waals surface area contributed by atoms with Crippen molar-refractivity contribution in [3.63, 3.8) is 0 Å². The molecule has 0 saturated carbocycles. The third-order valence-electron chi connectivity index (χ3n) is 2.90. The van der Waals surface area contributed by atoms with Crippen LogP contribution in [0.5, 0.6) is 0 Å². The van der Waals surface area contributed by atoms with E-state index in [4.69, 9.17) is 27.9 Å². The average molecular weight is 333 g/mol. The number of nitrogens with one attached hydrogen (secondary N) is 2. The molecule has 0 aliphatic rings. The standard InChI is InChI=1S/C14H18Cl2N2O3/c1-14(2,12(19)17-6-7-21-3)13(20)18-9-4-5-10(15)11(16)8-9/h4-5,8H,6-7H2,1-3H3,(H,17,19)(H,18,20). The molecular weight excluding hydrogens is 315 g/mol. The average Bonchev–Trinajstić information content (AvgIpc) is 2.43. The number of benzene rings is 1. The van der Waals surface area contributed by atoms with E-state index < -0.39 is 11.3 Å². The van der Waals surface area contributed by atoms with Gasteiger partial charge in [0.2, 0.25) is 11.8 Å². The normalized spacial score (nSPS) is 11.1. The van der Waals surface area contributed by atoms with Crippen LogP contribution < -0.4 is 10.6 Å². The Hall–Kier alpha value is -1.30. The second-order valence-corrected chi connectivity index (χ2v) is 5.77. The first-order chi connectivity index (χ1) is 9.78. The number of ether oxygens (including phenoxy) is 1. The number of hydrogen-bond donors (Lipinski definition) is 2. The number of methoxy groups -OCH3 is 1. The Balaban J connectivity index is 2.71. The van der Waals surface area contributed by atoms with Crippen LogP contribution in [0.1, 0.15) is 13.8 Å². The largest absolute Gasteiger partial charge is 0.383 e. The first-order valence-electron chi connectivity index (χ1n) is 6.32. The maximum atomic E-state index is 12.2. The quantitative estimate of drug-likeness (QED) is 0.621. The molecule has 0 heterocycles. The smallest absolute Gasteiger partial charge is 0.239 e. The van der Waals surface area contributed by atoms with Crippen molar-refractivity contribution in [3.8, 4) is 0 Å². The fourth-order valence-corrected chi connectivity index (χ4v) is 1.75. The highest BCUT2D eigenvalue weighted by Gasteiger charge is 2.35. The second-order valence-electron chi connectivity index (χ2n) is 4.96. The Labute approximate surface area is 133 Å². The lowest BCUT2D eigenvalue weighted by atomic mass is 9.91. The molecule has 0 spiro atoms. The fourth-order valence-electron chi connectivity index (χ4n) is 1.45. The van der Waals surface area contributed by atoms with E-state index in [9.17, 15) is 9.59 Å². The van der Waals surface area contributed by atoms with Gasteiger partial charge in [0.05, 0.1) is 16.7 Å². The maximum Gasteiger partial charge on any atom is 0.239 e. The van der Waals surface area contributed by atoms with Crippen molar-refractivity contribution in [3.05, 3.63) is 28.2 Å². The third kappa shape index (κ3) is 4.88. The molecule has 0 saturated heterocycles. The minimum Gasteiger partial charge on any atom is -0.383 e. The van der Waals surface area contributed by atoms with Gasteiger partial charge in [-0.2, -0.15) is 0 Å². The van der Waals surface area contributed by atoms with Gasteiger partial charge >= 0.3 is 0 Å². The van der Waals surface area contributed by atoms with Gasteiger partial charge in [0.15, 0.2) is 0 Å². The van der Waals surface area contributed by atoms with Crippen LogP contribution in [0.3, 0.4) is 0 Å². The van der Waals surface area contributed by atoms with Gasteiger partial charge < -0.3 is 15.4 Å². The zero-order valence-electron chi connectivity index (χ0n) is 12.1. The number of hydrogen-bond acceptors (Lipinski definition) is 3. The van der Waals surface area contributed by atoms with Crippen LogP contribution in [0.4, 0.5) is 5.69 Å². The summed E-state index contributed by atoms with van der Waals surface area (Å²) in [6.45, 7) is 3.82. The van der Waals surface area contributed by atoms with Gasteiger partial charge in [-0.15, -0.1) is 0 Å². The molecule has 0 atom stereocenters. The molecule has 0 unspecified atom stereocenters. The highest BCUT2D eigenvalue weighted by molar-refractivity contribution is 6.42. The van der Waals surface area contributed by atoms with Crippen LogP contribution in [-0.2, 0) is 14.3 Å². The molecule has 2 N–H and O–H groups in total. The lowest BCUT2D eigenvalue weighted by Gasteiger charge is -2.22. The van der Waals surface area contributed by atoms with Crippen molar-refractivity contribution in [1.29, 1.82) is 0 Å². The Kier molecular flexibility index (Phi) is 6.45. The molecule has 21 heavy (non-hydrogen) atoms. The van der Waals surface area contributed by atoms with Crippen LogP contribution in [0.25, 0.3) is 0 Å². The molecule has 5 nitrogen and oxygen atoms in total. The third-order valence-corrected chi connectivity index (χ3v) is 3.64. The Morgan fingerprint density at radius 2 is 1.86 bits per heavy atom. The van der Waals surface area contributed by atoms with E-state index in [-0.39, 0.29) is 5.91 Å². The lowest BCUT2D eigenvalue weighted by Crippen LogP contribution is -2.45. The molecule has 0 radical (unpaired) electrons. The van der Waals surface area contributed by atoms with Crippen molar-refractivity contribution < 1.29 is 14.3 Å². The summed E-state index contributed by atoms with van der Waals surface area (Å²) in [5.41, 5.74) is -0.744. The van der Waals surface area contributed by atoms with Crippen LogP contribution in [0.15, 0.2) is 18.2 Å². The number of rotatable bonds is 6. The van der Waals surface area contributed by atoms with Gasteiger partial charge in [-0.05, 0) is 32.0 Å². The van der Waals surface area contributed by atoms with Crippen molar-refractivity contribution in [2.75, 3.05) is 25.6 Å². The van der Waals surface area contributed by atoms with E-state index in [1.54, 1.807) is 26.0 Å². The van der Waals surface area contributed by atoms with Crippen molar-refractivity contribution in [2.24, 2.45) is 5.41 Å². The summed E-state index contributed by atoms with van der Waals surface area (Å²) in [5.74, 6) is -0.812. The van der Waals surface area contributed by atoms with Crippen molar-refractivity contribution >= 4 is 40.7 Å².